The van der Waals surface area contributed by atoms with Crippen LogP contribution >= 0.6 is 0 Å². The zero-order chi connectivity index (χ0) is 12.9. The van der Waals surface area contributed by atoms with Gasteiger partial charge in [-0.1, -0.05) is 25.7 Å². The summed E-state index contributed by atoms with van der Waals surface area (Å²) in [5, 5.41) is 8.02. The molecule has 1 heterocycles. The predicted octanol–water partition coefficient (Wildman–Crippen LogP) is 3.22. The van der Waals surface area contributed by atoms with Crippen LogP contribution in [0.4, 0.5) is 0 Å². The molecule has 106 valence electrons. The molecule has 0 aromatic carbocycles. The second-order valence-corrected chi connectivity index (χ2v) is 6.39. The van der Waals surface area contributed by atoms with E-state index in [0.717, 1.165) is 31.0 Å². The Morgan fingerprint density at radius 1 is 1.11 bits per heavy atom. The average Bonchev–Trinajstić information content (AvgIpc) is 2.97. The molecule has 3 nitrogen and oxygen atoms in total. The molecule has 0 aliphatic heterocycles. The molecule has 0 spiro atoms. The van der Waals surface area contributed by atoms with Crippen LogP contribution in [0, 0.1) is 11.8 Å². The minimum absolute atomic E-state index is 0.789. The number of rotatable bonds is 5. The fourth-order valence-electron chi connectivity index (χ4n) is 4.04. The van der Waals surface area contributed by atoms with Gasteiger partial charge < -0.3 is 5.32 Å². The Hall–Kier alpha value is -0.830. The fourth-order valence-corrected chi connectivity index (χ4v) is 4.04. The highest BCUT2D eigenvalue weighted by atomic mass is 15.3. The molecule has 3 atom stereocenters. The van der Waals surface area contributed by atoms with Gasteiger partial charge in [-0.25, -0.2) is 0 Å². The summed E-state index contributed by atoms with van der Waals surface area (Å²) in [4.78, 5) is 0. The van der Waals surface area contributed by atoms with Gasteiger partial charge in [-0.05, 0) is 50.1 Å². The van der Waals surface area contributed by atoms with Gasteiger partial charge >= 0.3 is 0 Å². The first-order valence-electron chi connectivity index (χ1n) is 8.12. The Bertz CT molecular complexity index is 360. The second-order valence-electron chi connectivity index (χ2n) is 6.39. The number of aromatic nitrogens is 2. The van der Waals surface area contributed by atoms with E-state index < -0.39 is 0 Å². The van der Waals surface area contributed by atoms with Crippen LogP contribution in [-0.4, -0.2) is 22.4 Å². The quantitative estimate of drug-likeness (QED) is 0.825. The normalized spacial score (nSPS) is 31.1. The molecular formula is C16H27N3. The van der Waals surface area contributed by atoms with Crippen LogP contribution in [0.1, 0.15) is 51.4 Å². The van der Waals surface area contributed by atoms with Crippen molar-refractivity contribution in [2.75, 3.05) is 6.54 Å². The molecule has 0 bridgehead atoms. The SMILES string of the molecule is c1cnn(CCCNC2CCC3CCCCC3C2)c1. The van der Waals surface area contributed by atoms with E-state index in [1.807, 2.05) is 23.1 Å². The summed E-state index contributed by atoms with van der Waals surface area (Å²) in [6.07, 6.45) is 15.4. The number of fused-ring (bicyclic) bond motifs is 1. The highest BCUT2D eigenvalue weighted by Crippen LogP contribution is 2.40. The molecule has 19 heavy (non-hydrogen) atoms. The van der Waals surface area contributed by atoms with Crippen molar-refractivity contribution in [3.8, 4) is 0 Å². The smallest absolute Gasteiger partial charge is 0.0489 e. The molecule has 0 radical (unpaired) electrons. The van der Waals surface area contributed by atoms with E-state index in [4.69, 9.17) is 0 Å². The van der Waals surface area contributed by atoms with Gasteiger partial charge in [0.1, 0.15) is 0 Å². The Balaban J connectivity index is 1.34. The van der Waals surface area contributed by atoms with Gasteiger partial charge in [0.15, 0.2) is 0 Å². The van der Waals surface area contributed by atoms with Crippen LogP contribution in [0.5, 0.6) is 0 Å². The second kappa shape index (κ2) is 6.56. The van der Waals surface area contributed by atoms with E-state index >= 15 is 0 Å². The summed E-state index contributed by atoms with van der Waals surface area (Å²) < 4.78 is 2.03. The van der Waals surface area contributed by atoms with Crippen molar-refractivity contribution in [3.63, 3.8) is 0 Å². The van der Waals surface area contributed by atoms with E-state index in [1.165, 1.54) is 51.4 Å². The van der Waals surface area contributed by atoms with Gasteiger partial charge in [0.05, 0.1) is 0 Å². The number of hydrogen-bond acceptors (Lipinski definition) is 2. The monoisotopic (exact) mass is 261 g/mol. The summed E-state index contributed by atoms with van der Waals surface area (Å²) >= 11 is 0. The summed E-state index contributed by atoms with van der Waals surface area (Å²) in [5.41, 5.74) is 0. The average molecular weight is 261 g/mol. The zero-order valence-corrected chi connectivity index (χ0v) is 11.9. The summed E-state index contributed by atoms with van der Waals surface area (Å²) in [7, 11) is 0. The maximum Gasteiger partial charge on any atom is 0.0489 e. The van der Waals surface area contributed by atoms with Crippen molar-refractivity contribution >= 4 is 0 Å². The third-order valence-corrected chi connectivity index (χ3v) is 5.10. The third-order valence-electron chi connectivity index (χ3n) is 5.10. The minimum Gasteiger partial charge on any atom is -0.314 e. The predicted molar refractivity (Wildman–Crippen MR) is 77.9 cm³/mol. The van der Waals surface area contributed by atoms with Crippen LogP contribution in [0.3, 0.4) is 0 Å². The van der Waals surface area contributed by atoms with Crippen molar-refractivity contribution < 1.29 is 0 Å². The van der Waals surface area contributed by atoms with Crippen LogP contribution < -0.4 is 5.32 Å². The number of nitrogens with one attached hydrogen (secondary N) is 1. The zero-order valence-electron chi connectivity index (χ0n) is 11.9. The van der Waals surface area contributed by atoms with Gasteiger partial charge in [-0.3, -0.25) is 4.68 Å². The van der Waals surface area contributed by atoms with Gasteiger partial charge in [-0.15, -0.1) is 0 Å². The molecule has 1 aromatic heterocycles. The molecule has 2 aliphatic rings. The van der Waals surface area contributed by atoms with Crippen LogP contribution in [0.2, 0.25) is 0 Å². The van der Waals surface area contributed by atoms with E-state index in [2.05, 4.69) is 10.4 Å². The van der Waals surface area contributed by atoms with Crippen molar-refractivity contribution in [2.24, 2.45) is 11.8 Å². The van der Waals surface area contributed by atoms with Crippen molar-refractivity contribution in [1.29, 1.82) is 0 Å². The molecule has 1 N–H and O–H groups in total. The van der Waals surface area contributed by atoms with Crippen molar-refractivity contribution in [1.82, 2.24) is 15.1 Å². The molecule has 2 saturated carbocycles. The lowest BCUT2D eigenvalue weighted by atomic mass is 9.69. The number of aryl methyl sites for hydroxylation is 1. The molecule has 3 rings (SSSR count). The van der Waals surface area contributed by atoms with E-state index in [1.54, 1.807) is 0 Å². The number of hydrogen-bond donors (Lipinski definition) is 1. The molecule has 3 heteroatoms. The first-order chi connectivity index (χ1) is 9.42. The fraction of sp³-hybridized carbons (Fsp3) is 0.812. The Labute approximate surface area is 116 Å². The highest BCUT2D eigenvalue weighted by molar-refractivity contribution is 4.86. The van der Waals surface area contributed by atoms with Crippen LogP contribution in [0.15, 0.2) is 18.5 Å². The highest BCUT2D eigenvalue weighted by Gasteiger charge is 2.31. The molecule has 0 saturated heterocycles. The number of nitrogens with zero attached hydrogens (tertiary/aromatic N) is 2. The van der Waals surface area contributed by atoms with E-state index in [-0.39, 0.29) is 0 Å². The van der Waals surface area contributed by atoms with Gasteiger partial charge in [0.25, 0.3) is 0 Å². The summed E-state index contributed by atoms with van der Waals surface area (Å²) in [6.45, 7) is 2.18. The maximum absolute atomic E-state index is 4.24. The molecule has 3 unspecified atom stereocenters. The Kier molecular flexibility index (Phi) is 4.54. The minimum atomic E-state index is 0.789. The Morgan fingerprint density at radius 3 is 2.84 bits per heavy atom. The first kappa shape index (κ1) is 13.2. The van der Waals surface area contributed by atoms with Crippen molar-refractivity contribution in [2.45, 2.75) is 64.0 Å². The molecule has 0 amide bonds. The summed E-state index contributed by atoms with van der Waals surface area (Å²) in [6, 6.07) is 2.79. The molecular weight excluding hydrogens is 234 g/mol. The Morgan fingerprint density at radius 2 is 2.00 bits per heavy atom. The topological polar surface area (TPSA) is 29.9 Å². The molecule has 2 aliphatic carbocycles. The van der Waals surface area contributed by atoms with Gasteiger partial charge in [0.2, 0.25) is 0 Å². The first-order valence-corrected chi connectivity index (χ1v) is 8.12. The lowest BCUT2D eigenvalue weighted by Crippen LogP contribution is -2.39. The molecule has 2 fully saturated rings. The van der Waals surface area contributed by atoms with Crippen molar-refractivity contribution in [3.05, 3.63) is 18.5 Å². The lowest BCUT2D eigenvalue weighted by molar-refractivity contribution is 0.143. The largest absolute Gasteiger partial charge is 0.314 e. The van der Waals surface area contributed by atoms with Crippen LogP contribution in [0.25, 0.3) is 0 Å². The summed E-state index contributed by atoms with van der Waals surface area (Å²) in [5.74, 6) is 2.10. The third kappa shape index (κ3) is 3.59. The van der Waals surface area contributed by atoms with E-state index in [0.29, 0.717) is 0 Å². The maximum atomic E-state index is 4.24. The standard InChI is InChI=1S/C16H27N3/c1-2-6-15-13-16(8-7-14(15)5-1)17-9-3-11-19-12-4-10-18-19/h4,10,12,14-17H,1-3,5-9,11,13H2. The van der Waals surface area contributed by atoms with Gasteiger partial charge in [-0.2, -0.15) is 5.10 Å². The lowest BCUT2D eigenvalue weighted by Gasteiger charge is -2.39. The molecule has 1 aromatic rings. The van der Waals surface area contributed by atoms with E-state index in [9.17, 15) is 0 Å². The van der Waals surface area contributed by atoms with Crippen LogP contribution in [-0.2, 0) is 6.54 Å². The van der Waals surface area contributed by atoms with Gasteiger partial charge in [0, 0.05) is 25.0 Å².